The Kier molecular flexibility index (Phi) is 3.27. The zero-order valence-corrected chi connectivity index (χ0v) is 10.6. The molecule has 86 valence electrons. The van der Waals surface area contributed by atoms with E-state index in [1.165, 1.54) is 27.7 Å². The molecule has 0 aliphatic heterocycles. The van der Waals surface area contributed by atoms with Crippen molar-refractivity contribution in [3.63, 3.8) is 0 Å². The lowest BCUT2D eigenvalue weighted by Crippen LogP contribution is -2.22. The Hall–Kier alpha value is -0.920. The van der Waals surface area contributed by atoms with Gasteiger partial charge >= 0.3 is 0 Å². The summed E-state index contributed by atoms with van der Waals surface area (Å²) in [6.45, 7) is -0.0139. The molecule has 0 aromatic carbocycles. The molecule has 0 radical (unpaired) electrons. The highest BCUT2D eigenvalue weighted by atomic mass is 32.2. The third-order valence-corrected chi connectivity index (χ3v) is 4.16. The van der Waals surface area contributed by atoms with Crippen LogP contribution in [0.1, 0.15) is 5.82 Å². The van der Waals surface area contributed by atoms with E-state index < -0.39 is 0 Å². The number of thiazole rings is 1. The number of nitrogens with zero attached hydrogens (tertiary/aromatic N) is 3. The van der Waals surface area contributed by atoms with Crippen molar-refractivity contribution in [2.45, 2.75) is 10.8 Å². The fourth-order valence-corrected chi connectivity index (χ4v) is 2.82. The van der Waals surface area contributed by atoms with Crippen molar-refractivity contribution >= 4 is 33.4 Å². The number of aromatic nitrogens is 3. The second-order valence-electron chi connectivity index (χ2n) is 3.20. The Morgan fingerprint density at radius 1 is 1.50 bits per heavy atom. The summed E-state index contributed by atoms with van der Waals surface area (Å²) in [5.41, 5.74) is 0.267. The fourth-order valence-electron chi connectivity index (χ4n) is 1.39. The van der Waals surface area contributed by atoms with Crippen LogP contribution in [0.25, 0.3) is 10.3 Å². The first-order valence-corrected chi connectivity index (χ1v) is 6.72. The van der Waals surface area contributed by atoms with Crippen LogP contribution in [0, 0.1) is 0 Å². The van der Waals surface area contributed by atoms with Gasteiger partial charge in [-0.15, -0.1) is 0 Å². The van der Waals surface area contributed by atoms with Crippen LogP contribution in [-0.2, 0) is 13.5 Å². The number of rotatable bonds is 3. The number of aliphatic hydroxyl groups excluding tert-OH is 1. The van der Waals surface area contributed by atoms with E-state index in [1.807, 2.05) is 6.26 Å². The van der Waals surface area contributed by atoms with E-state index in [1.54, 1.807) is 7.05 Å². The number of hydrogen-bond donors (Lipinski definition) is 1. The third kappa shape index (κ3) is 1.85. The Balaban J connectivity index is 2.70. The van der Waals surface area contributed by atoms with Gasteiger partial charge in [-0.05, 0) is 6.26 Å². The monoisotopic (exact) mass is 257 g/mol. The van der Waals surface area contributed by atoms with E-state index in [-0.39, 0.29) is 12.2 Å². The molecule has 2 rings (SSSR count). The summed E-state index contributed by atoms with van der Waals surface area (Å²) in [4.78, 5) is 21.1. The molecule has 2 aromatic rings. The van der Waals surface area contributed by atoms with Gasteiger partial charge in [0.15, 0.2) is 14.7 Å². The molecule has 1 N–H and O–H groups in total. The zero-order chi connectivity index (χ0) is 11.7. The Morgan fingerprint density at radius 2 is 2.25 bits per heavy atom. The van der Waals surface area contributed by atoms with E-state index >= 15 is 0 Å². The van der Waals surface area contributed by atoms with Crippen molar-refractivity contribution in [1.29, 1.82) is 0 Å². The van der Waals surface area contributed by atoms with Gasteiger partial charge in [0.2, 0.25) is 0 Å². The summed E-state index contributed by atoms with van der Waals surface area (Å²) >= 11 is 2.90. The van der Waals surface area contributed by atoms with Gasteiger partial charge in [-0.25, -0.2) is 9.97 Å². The smallest absolute Gasteiger partial charge is 0.280 e. The van der Waals surface area contributed by atoms with E-state index in [2.05, 4.69) is 9.97 Å². The quantitative estimate of drug-likeness (QED) is 0.818. The minimum atomic E-state index is -0.148. The van der Waals surface area contributed by atoms with Crippen molar-refractivity contribution < 1.29 is 5.11 Å². The highest BCUT2D eigenvalue weighted by molar-refractivity contribution is 8.00. The maximum absolute atomic E-state index is 11.9. The van der Waals surface area contributed by atoms with Gasteiger partial charge in [0.25, 0.3) is 5.56 Å². The molecule has 0 bridgehead atoms. The molecule has 0 aliphatic carbocycles. The van der Waals surface area contributed by atoms with Gasteiger partial charge in [-0.3, -0.25) is 9.36 Å². The molecule has 0 saturated carbocycles. The van der Waals surface area contributed by atoms with Crippen molar-refractivity contribution in [3.8, 4) is 0 Å². The molecule has 5 nitrogen and oxygen atoms in total. The van der Waals surface area contributed by atoms with Crippen LogP contribution < -0.4 is 5.56 Å². The maximum atomic E-state index is 11.9. The van der Waals surface area contributed by atoms with Crippen molar-refractivity contribution in [2.75, 3.05) is 12.9 Å². The lowest BCUT2D eigenvalue weighted by molar-refractivity contribution is 0.294. The molecular weight excluding hydrogens is 246 g/mol. The second-order valence-corrected chi connectivity index (χ2v) is 5.23. The average molecular weight is 257 g/mol. The van der Waals surface area contributed by atoms with Crippen LogP contribution in [0.3, 0.4) is 0 Å². The van der Waals surface area contributed by atoms with Gasteiger partial charge in [-0.1, -0.05) is 23.1 Å². The highest BCUT2D eigenvalue weighted by Crippen LogP contribution is 2.24. The molecule has 0 amide bonds. The van der Waals surface area contributed by atoms with Crippen molar-refractivity contribution in [3.05, 3.63) is 16.2 Å². The average Bonchev–Trinajstić information content (AvgIpc) is 2.69. The first kappa shape index (κ1) is 11.6. The summed E-state index contributed by atoms with van der Waals surface area (Å²) < 4.78 is 2.28. The van der Waals surface area contributed by atoms with E-state index in [0.29, 0.717) is 22.6 Å². The highest BCUT2D eigenvalue weighted by Gasteiger charge is 2.12. The van der Waals surface area contributed by atoms with E-state index in [9.17, 15) is 4.79 Å². The first-order chi connectivity index (χ1) is 7.67. The van der Waals surface area contributed by atoms with E-state index in [0.717, 1.165) is 4.34 Å². The third-order valence-electron chi connectivity index (χ3n) is 2.22. The number of hydrogen-bond acceptors (Lipinski definition) is 6. The maximum Gasteiger partial charge on any atom is 0.280 e. The fraction of sp³-hybridized carbons (Fsp3) is 0.444. The van der Waals surface area contributed by atoms with Gasteiger partial charge in [-0.2, -0.15) is 0 Å². The first-order valence-electron chi connectivity index (χ1n) is 4.68. The largest absolute Gasteiger partial charge is 0.396 e. The minimum Gasteiger partial charge on any atom is -0.396 e. The lowest BCUT2D eigenvalue weighted by Gasteiger charge is -2.04. The lowest BCUT2D eigenvalue weighted by atomic mass is 10.4. The molecular formula is C9H11N3O2S2. The molecule has 0 atom stereocenters. The van der Waals surface area contributed by atoms with Crippen LogP contribution >= 0.6 is 23.1 Å². The van der Waals surface area contributed by atoms with Gasteiger partial charge in [0.1, 0.15) is 5.82 Å². The number of fused-ring (bicyclic) bond motifs is 1. The SMILES string of the molecule is CSc1nc2c(=O)n(C)c(CCO)nc2s1. The number of aliphatic hydroxyl groups is 1. The Bertz CT molecular complexity index is 576. The summed E-state index contributed by atoms with van der Waals surface area (Å²) in [6, 6.07) is 0. The predicted molar refractivity (Wildman–Crippen MR) is 65.2 cm³/mol. The van der Waals surface area contributed by atoms with Crippen LogP contribution in [0.4, 0.5) is 0 Å². The molecule has 0 aliphatic rings. The second kappa shape index (κ2) is 4.52. The van der Waals surface area contributed by atoms with Gasteiger partial charge < -0.3 is 5.11 Å². The standard InChI is InChI=1S/C9H11N3O2S2/c1-12-5(3-4-13)10-7-6(8(12)14)11-9(15-2)16-7/h13H,3-4H2,1-2H3. The van der Waals surface area contributed by atoms with Crippen LogP contribution in [-0.4, -0.2) is 32.5 Å². The van der Waals surface area contributed by atoms with Gasteiger partial charge in [0, 0.05) is 13.5 Å². The predicted octanol–water partition coefficient (Wildman–Crippen LogP) is 0.647. The molecule has 0 saturated heterocycles. The van der Waals surface area contributed by atoms with Crippen LogP contribution in [0.15, 0.2) is 9.13 Å². The zero-order valence-electron chi connectivity index (χ0n) is 8.93. The number of thioether (sulfide) groups is 1. The van der Waals surface area contributed by atoms with Crippen LogP contribution in [0.5, 0.6) is 0 Å². The van der Waals surface area contributed by atoms with E-state index in [4.69, 9.17) is 5.11 Å². The topological polar surface area (TPSA) is 68.0 Å². The summed E-state index contributed by atoms with van der Waals surface area (Å²) in [5.74, 6) is 0.594. The molecule has 16 heavy (non-hydrogen) atoms. The van der Waals surface area contributed by atoms with Crippen molar-refractivity contribution in [2.24, 2.45) is 7.05 Å². The molecule has 0 unspecified atom stereocenters. The summed E-state index contributed by atoms with van der Waals surface area (Å²) in [6.07, 6.45) is 2.30. The van der Waals surface area contributed by atoms with Crippen molar-refractivity contribution in [1.82, 2.24) is 14.5 Å². The molecule has 0 fully saturated rings. The summed E-state index contributed by atoms with van der Waals surface area (Å²) in [5, 5.41) is 8.89. The minimum absolute atomic E-state index is 0.0139. The molecule has 2 aromatic heterocycles. The molecule has 2 heterocycles. The summed E-state index contributed by atoms with van der Waals surface area (Å²) in [7, 11) is 1.65. The molecule has 0 spiro atoms. The molecule has 7 heteroatoms. The normalized spacial score (nSPS) is 11.2. The van der Waals surface area contributed by atoms with Crippen LogP contribution in [0.2, 0.25) is 0 Å². The Morgan fingerprint density at radius 3 is 2.88 bits per heavy atom. The van der Waals surface area contributed by atoms with Gasteiger partial charge in [0.05, 0.1) is 6.61 Å². The Labute approximate surface area is 100 Å².